The average Bonchev–Trinajstić information content (AvgIpc) is 3.08. The molecule has 1 N–H and O–H groups in total. The van der Waals surface area contributed by atoms with E-state index in [0.29, 0.717) is 22.8 Å². The lowest BCUT2D eigenvalue weighted by Crippen LogP contribution is -2.28. The summed E-state index contributed by atoms with van der Waals surface area (Å²) in [7, 11) is 0. The summed E-state index contributed by atoms with van der Waals surface area (Å²) in [5.41, 5.74) is 4.07. The molecule has 5 nitrogen and oxygen atoms in total. The topological polar surface area (TPSA) is 70.5 Å². The van der Waals surface area contributed by atoms with Gasteiger partial charge in [0.1, 0.15) is 0 Å². The largest absolute Gasteiger partial charge is 0.462 e. The molecule has 1 saturated heterocycles. The molecule has 0 bridgehead atoms. The Bertz CT molecular complexity index is 1150. The number of thioether (sulfide) groups is 1. The summed E-state index contributed by atoms with van der Waals surface area (Å²) in [6, 6.07) is 24.5. The summed E-state index contributed by atoms with van der Waals surface area (Å²) in [6.45, 7) is 2.05. The van der Waals surface area contributed by atoms with Crippen LogP contribution < -0.4 is 4.90 Å². The molecule has 1 aliphatic heterocycles. The van der Waals surface area contributed by atoms with Gasteiger partial charge in [-0.25, -0.2) is 4.79 Å². The molecule has 0 spiro atoms. The van der Waals surface area contributed by atoms with Crippen molar-refractivity contribution in [1.29, 1.82) is 5.41 Å². The van der Waals surface area contributed by atoms with E-state index < -0.39 is 5.97 Å². The number of benzene rings is 3. The van der Waals surface area contributed by atoms with E-state index >= 15 is 0 Å². The fourth-order valence-corrected chi connectivity index (χ4v) is 4.10. The molecule has 0 aromatic heterocycles. The van der Waals surface area contributed by atoms with E-state index in [4.69, 9.17) is 10.1 Å². The normalized spacial score (nSPS) is 14.9. The van der Waals surface area contributed by atoms with E-state index in [-0.39, 0.29) is 11.1 Å². The molecule has 0 atom stereocenters. The molecule has 0 aliphatic carbocycles. The zero-order chi connectivity index (χ0) is 21.8. The van der Waals surface area contributed by atoms with Gasteiger partial charge in [0.15, 0.2) is 5.17 Å². The van der Waals surface area contributed by atoms with Crippen molar-refractivity contribution in [1.82, 2.24) is 0 Å². The molecule has 0 unspecified atom stereocenters. The summed E-state index contributed by atoms with van der Waals surface area (Å²) in [6.07, 6.45) is 1.79. The Hall–Kier alpha value is -3.64. The maximum atomic E-state index is 12.9. The molecule has 3 aromatic rings. The fourth-order valence-electron chi connectivity index (χ4n) is 3.24. The number of anilines is 1. The maximum absolute atomic E-state index is 12.9. The van der Waals surface area contributed by atoms with Gasteiger partial charge in [0.2, 0.25) is 0 Å². The van der Waals surface area contributed by atoms with E-state index in [9.17, 15) is 9.59 Å². The number of nitrogens with one attached hydrogen (secondary N) is 1. The molecule has 4 rings (SSSR count). The number of rotatable bonds is 5. The molecule has 6 heteroatoms. The van der Waals surface area contributed by atoms with Crippen LogP contribution in [0.2, 0.25) is 0 Å². The zero-order valence-electron chi connectivity index (χ0n) is 16.9. The Morgan fingerprint density at radius 1 is 0.968 bits per heavy atom. The van der Waals surface area contributed by atoms with Gasteiger partial charge < -0.3 is 4.74 Å². The van der Waals surface area contributed by atoms with Gasteiger partial charge in [-0.05, 0) is 65.7 Å². The van der Waals surface area contributed by atoms with Crippen molar-refractivity contribution in [3.8, 4) is 11.1 Å². The first-order chi connectivity index (χ1) is 15.1. The third-order valence-corrected chi connectivity index (χ3v) is 5.66. The third-order valence-electron chi connectivity index (χ3n) is 4.78. The van der Waals surface area contributed by atoms with Gasteiger partial charge >= 0.3 is 5.97 Å². The Balaban J connectivity index is 1.53. The highest BCUT2D eigenvalue weighted by atomic mass is 32.2. The fraction of sp³-hybridized carbons (Fsp3) is 0.0800. The lowest BCUT2D eigenvalue weighted by atomic mass is 10.0. The number of nitrogens with zero attached hydrogens (tertiary/aromatic N) is 1. The smallest absolute Gasteiger partial charge is 0.338 e. The molecule has 0 radical (unpaired) electrons. The first kappa shape index (κ1) is 20.6. The summed E-state index contributed by atoms with van der Waals surface area (Å²) in [5, 5.41) is 8.38. The van der Waals surface area contributed by atoms with Crippen LogP contribution in [0.15, 0.2) is 83.8 Å². The first-order valence-electron chi connectivity index (χ1n) is 9.82. The highest BCUT2D eigenvalue weighted by Crippen LogP contribution is 2.35. The summed E-state index contributed by atoms with van der Waals surface area (Å²) in [5.74, 6) is -0.670. The number of amides is 1. The van der Waals surface area contributed by atoms with Crippen LogP contribution in [-0.4, -0.2) is 23.7 Å². The van der Waals surface area contributed by atoms with E-state index in [0.717, 1.165) is 28.5 Å². The van der Waals surface area contributed by atoms with Gasteiger partial charge in [-0.2, -0.15) is 0 Å². The number of esters is 1. The van der Waals surface area contributed by atoms with Gasteiger partial charge in [0.25, 0.3) is 5.91 Å². The van der Waals surface area contributed by atoms with E-state index in [2.05, 4.69) is 12.1 Å². The lowest BCUT2D eigenvalue weighted by Gasteiger charge is -2.14. The number of ether oxygens (including phenoxy) is 1. The Labute approximate surface area is 184 Å². The van der Waals surface area contributed by atoms with E-state index in [1.807, 2.05) is 42.5 Å². The number of carbonyl (C=O) groups is 2. The second-order valence-electron chi connectivity index (χ2n) is 6.81. The summed E-state index contributed by atoms with van der Waals surface area (Å²) < 4.78 is 4.98. The molecule has 1 amide bonds. The monoisotopic (exact) mass is 428 g/mol. The van der Waals surface area contributed by atoms with E-state index in [1.54, 1.807) is 37.3 Å². The molecular formula is C25H20N2O3S. The van der Waals surface area contributed by atoms with Crippen molar-refractivity contribution in [2.24, 2.45) is 0 Å². The minimum absolute atomic E-state index is 0.126. The number of carbonyl (C=O) groups excluding carboxylic acids is 2. The van der Waals surface area contributed by atoms with Gasteiger partial charge in [-0.15, -0.1) is 0 Å². The van der Waals surface area contributed by atoms with E-state index in [1.165, 1.54) is 4.90 Å². The second kappa shape index (κ2) is 9.02. The molecule has 31 heavy (non-hydrogen) atoms. The first-order valence-corrected chi connectivity index (χ1v) is 10.6. The van der Waals surface area contributed by atoms with Crippen molar-refractivity contribution < 1.29 is 14.3 Å². The van der Waals surface area contributed by atoms with Crippen LogP contribution in [0, 0.1) is 5.41 Å². The Morgan fingerprint density at radius 3 is 2.26 bits per heavy atom. The Kier molecular flexibility index (Phi) is 6.00. The van der Waals surface area contributed by atoms with Gasteiger partial charge in [-0.3, -0.25) is 15.1 Å². The van der Waals surface area contributed by atoms with Crippen molar-refractivity contribution in [2.75, 3.05) is 11.5 Å². The number of hydrogen-bond donors (Lipinski definition) is 1. The van der Waals surface area contributed by atoms with Crippen molar-refractivity contribution in [3.63, 3.8) is 0 Å². The van der Waals surface area contributed by atoms with Crippen molar-refractivity contribution in [2.45, 2.75) is 6.92 Å². The molecule has 1 fully saturated rings. The van der Waals surface area contributed by atoms with Gasteiger partial charge in [0, 0.05) is 0 Å². The highest BCUT2D eigenvalue weighted by molar-refractivity contribution is 8.19. The summed E-state index contributed by atoms with van der Waals surface area (Å²) >= 11 is 1.12. The van der Waals surface area contributed by atoms with Crippen molar-refractivity contribution in [3.05, 3.63) is 94.9 Å². The van der Waals surface area contributed by atoms with Crippen LogP contribution in [-0.2, 0) is 9.53 Å². The predicted octanol–water partition coefficient (Wildman–Crippen LogP) is 5.59. The maximum Gasteiger partial charge on any atom is 0.338 e. The summed E-state index contributed by atoms with van der Waals surface area (Å²) in [4.78, 5) is 26.6. The average molecular weight is 429 g/mol. The molecule has 3 aromatic carbocycles. The molecule has 1 aliphatic rings. The minimum Gasteiger partial charge on any atom is -0.462 e. The number of hydrogen-bond acceptors (Lipinski definition) is 5. The number of amidine groups is 1. The molecular weight excluding hydrogens is 408 g/mol. The predicted molar refractivity (Wildman–Crippen MR) is 125 cm³/mol. The van der Waals surface area contributed by atoms with Crippen LogP contribution in [0.3, 0.4) is 0 Å². The molecule has 1 heterocycles. The highest BCUT2D eigenvalue weighted by Gasteiger charge is 2.33. The van der Waals surface area contributed by atoms with Crippen molar-refractivity contribution >= 4 is 40.6 Å². The molecule has 154 valence electrons. The standard InChI is InChI=1S/C25H20N2O3S/c1-2-30-24(29)20-12-14-21(15-13-20)27-23(28)22(31-25(27)26)16-17-8-10-19(11-9-17)18-6-4-3-5-7-18/h3-16,26H,2H2,1H3/b22-16-,26-25?. The minimum atomic E-state index is -0.411. The second-order valence-corrected chi connectivity index (χ2v) is 7.84. The quantitative estimate of drug-likeness (QED) is 0.425. The van der Waals surface area contributed by atoms with Crippen LogP contribution in [0.25, 0.3) is 17.2 Å². The van der Waals surface area contributed by atoms with Crippen LogP contribution in [0.5, 0.6) is 0 Å². The van der Waals surface area contributed by atoms with Crippen LogP contribution in [0.1, 0.15) is 22.8 Å². The zero-order valence-corrected chi connectivity index (χ0v) is 17.7. The Morgan fingerprint density at radius 2 is 1.61 bits per heavy atom. The lowest BCUT2D eigenvalue weighted by molar-refractivity contribution is -0.113. The van der Waals surface area contributed by atoms with Crippen LogP contribution in [0.4, 0.5) is 5.69 Å². The van der Waals surface area contributed by atoms with Crippen LogP contribution >= 0.6 is 11.8 Å². The SMILES string of the molecule is CCOC(=O)c1ccc(N2C(=N)S/C(=C\c3ccc(-c4ccccc4)cc3)C2=O)cc1. The van der Waals surface area contributed by atoms with Gasteiger partial charge in [-0.1, -0.05) is 54.6 Å². The molecule has 0 saturated carbocycles. The van der Waals surface area contributed by atoms with Gasteiger partial charge in [0.05, 0.1) is 22.8 Å². The third kappa shape index (κ3) is 4.44.